The zero-order valence-electron chi connectivity index (χ0n) is 15.4. The van der Waals surface area contributed by atoms with E-state index in [9.17, 15) is 26.7 Å². The number of hydrogen-bond donors (Lipinski definition) is 3. The zero-order chi connectivity index (χ0) is 22.6. The average Bonchev–Trinajstić information content (AvgIpc) is 2.69. The maximum atomic E-state index is 14.0. The Morgan fingerprint density at radius 2 is 1.81 bits per heavy atom. The van der Waals surface area contributed by atoms with Gasteiger partial charge in [-0.1, -0.05) is 18.2 Å². The van der Waals surface area contributed by atoms with Crippen LogP contribution in [0, 0.1) is 11.6 Å². The number of carboxylic acid groups (broad SMARTS) is 1. The molecule has 12 heteroatoms. The lowest BCUT2D eigenvalue weighted by Crippen LogP contribution is -2.17. The van der Waals surface area contributed by atoms with Crippen LogP contribution in [0.25, 0.3) is 11.3 Å². The van der Waals surface area contributed by atoms with Crippen LogP contribution in [0.2, 0.25) is 0 Å². The summed E-state index contributed by atoms with van der Waals surface area (Å²) in [4.78, 5) is 18.9. The minimum atomic E-state index is -4.90. The van der Waals surface area contributed by atoms with Crippen molar-refractivity contribution < 1.29 is 36.6 Å². The molecule has 3 rings (SSSR count). The van der Waals surface area contributed by atoms with E-state index in [1.165, 1.54) is 30.3 Å². The first kappa shape index (κ1) is 21.7. The fourth-order valence-corrected chi connectivity index (χ4v) is 2.48. The van der Waals surface area contributed by atoms with Gasteiger partial charge in [0.15, 0.2) is 11.6 Å². The molecule has 0 saturated heterocycles. The van der Waals surface area contributed by atoms with Gasteiger partial charge in [-0.25, -0.2) is 13.8 Å². The molecule has 3 aromatic rings. The van der Waals surface area contributed by atoms with Crippen molar-refractivity contribution in [2.45, 2.75) is 6.36 Å². The molecule has 2 aromatic carbocycles. The number of carbonyl (C=O) groups is 1. The topological polar surface area (TPSA) is 96.4 Å². The highest BCUT2D eigenvalue weighted by Crippen LogP contribution is 2.29. The smallest absolute Gasteiger partial charge is 0.480 e. The first-order valence-electron chi connectivity index (χ1n) is 8.53. The predicted molar refractivity (Wildman–Crippen MR) is 99.9 cm³/mol. The Morgan fingerprint density at radius 3 is 2.52 bits per heavy atom. The molecule has 162 valence electrons. The second-order valence-electron chi connectivity index (χ2n) is 6.01. The number of carboxylic acids is 1. The Hall–Kier alpha value is -3.96. The Morgan fingerprint density at radius 1 is 1.06 bits per heavy atom. The molecule has 1 heterocycles. The van der Waals surface area contributed by atoms with Gasteiger partial charge < -0.3 is 20.5 Å². The van der Waals surface area contributed by atoms with Gasteiger partial charge in [0, 0.05) is 11.6 Å². The molecule has 0 bridgehead atoms. The second-order valence-corrected chi connectivity index (χ2v) is 6.01. The summed E-state index contributed by atoms with van der Waals surface area (Å²) in [5.74, 6) is -4.29. The number of rotatable bonds is 7. The van der Waals surface area contributed by atoms with Crippen molar-refractivity contribution in [3.05, 3.63) is 60.2 Å². The standard InChI is InChI=1S/C19H13F5N4O3/c20-12-5-2-6-13(17(12)21)26-15-8-14(27-18(28-15)25-9-16(29)30)10-3-1-4-11(7-10)31-19(22,23)24/h1-8H,9H2,(H,29,30)(H2,25,26,27,28). The van der Waals surface area contributed by atoms with Crippen molar-refractivity contribution >= 4 is 23.4 Å². The van der Waals surface area contributed by atoms with Gasteiger partial charge in [0.05, 0.1) is 11.4 Å². The molecule has 0 radical (unpaired) electrons. The number of hydrogen-bond acceptors (Lipinski definition) is 6. The van der Waals surface area contributed by atoms with Crippen LogP contribution in [0.15, 0.2) is 48.5 Å². The van der Waals surface area contributed by atoms with E-state index < -0.39 is 36.3 Å². The Balaban J connectivity index is 2.00. The van der Waals surface area contributed by atoms with Gasteiger partial charge in [-0.05, 0) is 24.3 Å². The van der Waals surface area contributed by atoms with E-state index in [4.69, 9.17) is 5.11 Å². The van der Waals surface area contributed by atoms with E-state index in [2.05, 4.69) is 25.3 Å². The molecule has 0 unspecified atom stereocenters. The summed E-state index contributed by atoms with van der Waals surface area (Å²) in [5, 5.41) is 13.8. The van der Waals surface area contributed by atoms with E-state index >= 15 is 0 Å². The van der Waals surface area contributed by atoms with Crippen LogP contribution in [0.4, 0.5) is 39.4 Å². The van der Waals surface area contributed by atoms with Crippen LogP contribution in [0.1, 0.15) is 0 Å². The van der Waals surface area contributed by atoms with Crippen LogP contribution < -0.4 is 15.4 Å². The Bertz CT molecular complexity index is 1110. The largest absolute Gasteiger partial charge is 0.573 e. The van der Waals surface area contributed by atoms with Crippen LogP contribution in [0.5, 0.6) is 5.75 Å². The van der Waals surface area contributed by atoms with E-state index in [0.29, 0.717) is 0 Å². The van der Waals surface area contributed by atoms with Gasteiger partial charge in [-0.2, -0.15) is 4.98 Å². The molecular formula is C19H13F5N4O3. The van der Waals surface area contributed by atoms with Crippen molar-refractivity contribution in [1.82, 2.24) is 9.97 Å². The summed E-state index contributed by atoms with van der Waals surface area (Å²) in [5.41, 5.74) is -0.0249. The molecule has 3 N–H and O–H groups in total. The molecule has 0 spiro atoms. The van der Waals surface area contributed by atoms with Gasteiger partial charge in [-0.3, -0.25) is 4.79 Å². The van der Waals surface area contributed by atoms with Crippen LogP contribution in [-0.2, 0) is 4.79 Å². The average molecular weight is 440 g/mol. The second kappa shape index (κ2) is 8.81. The quantitative estimate of drug-likeness (QED) is 0.464. The lowest BCUT2D eigenvalue weighted by atomic mass is 10.1. The third-order valence-electron chi connectivity index (χ3n) is 3.70. The third kappa shape index (κ3) is 6.01. The van der Waals surface area contributed by atoms with Crippen molar-refractivity contribution in [1.29, 1.82) is 0 Å². The van der Waals surface area contributed by atoms with Crippen LogP contribution in [0.3, 0.4) is 0 Å². The molecule has 0 amide bonds. The molecule has 0 aliphatic carbocycles. The molecule has 0 aliphatic heterocycles. The van der Waals surface area contributed by atoms with Crippen molar-refractivity contribution in [3.8, 4) is 17.0 Å². The fraction of sp³-hybridized carbons (Fsp3) is 0.105. The number of benzene rings is 2. The molecule has 0 atom stereocenters. The van der Waals surface area contributed by atoms with E-state index in [1.807, 2.05) is 0 Å². The summed E-state index contributed by atoms with van der Waals surface area (Å²) < 4.78 is 68.8. The number of ether oxygens (including phenoxy) is 1. The van der Waals surface area contributed by atoms with Gasteiger partial charge in [0.2, 0.25) is 5.95 Å². The number of alkyl halides is 3. The molecule has 7 nitrogen and oxygen atoms in total. The summed E-state index contributed by atoms with van der Waals surface area (Å²) in [6, 6.07) is 9.54. The first-order valence-corrected chi connectivity index (χ1v) is 8.53. The monoisotopic (exact) mass is 440 g/mol. The Labute approximate surface area is 171 Å². The maximum Gasteiger partial charge on any atom is 0.573 e. The lowest BCUT2D eigenvalue weighted by Gasteiger charge is -2.13. The first-order chi connectivity index (χ1) is 14.6. The van der Waals surface area contributed by atoms with Crippen LogP contribution in [-0.4, -0.2) is 34.0 Å². The highest BCUT2D eigenvalue weighted by Gasteiger charge is 2.31. The van der Waals surface area contributed by atoms with E-state index in [0.717, 1.165) is 18.2 Å². The van der Waals surface area contributed by atoms with Crippen LogP contribution >= 0.6 is 0 Å². The number of nitrogens with zero attached hydrogens (tertiary/aromatic N) is 2. The highest BCUT2D eigenvalue weighted by molar-refractivity contribution is 5.73. The Kier molecular flexibility index (Phi) is 6.18. The summed E-state index contributed by atoms with van der Waals surface area (Å²) in [7, 11) is 0. The fourth-order valence-electron chi connectivity index (χ4n) is 2.48. The van der Waals surface area contributed by atoms with Crippen molar-refractivity contribution in [2.75, 3.05) is 17.2 Å². The van der Waals surface area contributed by atoms with Gasteiger partial charge in [0.25, 0.3) is 0 Å². The maximum absolute atomic E-state index is 14.0. The number of halogens is 5. The minimum absolute atomic E-state index is 0.0647. The number of aliphatic carboxylic acids is 1. The predicted octanol–water partition coefficient (Wildman–Crippen LogP) is 4.56. The van der Waals surface area contributed by atoms with Crippen molar-refractivity contribution in [2.24, 2.45) is 0 Å². The van der Waals surface area contributed by atoms with Gasteiger partial charge in [0.1, 0.15) is 18.1 Å². The molecule has 0 fully saturated rings. The van der Waals surface area contributed by atoms with E-state index in [-0.39, 0.29) is 28.7 Å². The summed E-state index contributed by atoms with van der Waals surface area (Å²) in [6.07, 6.45) is -4.90. The number of nitrogens with one attached hydrogen (secondary N) is 2. The van der Waals surface area contributed by atoms with Crippen molar-refractivity contribution in [3.63, 3.8) is 0 Å². The number of anilines is 3. The normalized spacial score (nSPS) is 11.1. The highest BCUT2D eigenvalue weighted by atomic mass is 19.4. The van der Waals surface area contributed by atoms with Gasteiger partial charge in [-0.15, -0.1) is 13.2 Å². The van der Waals surface area contributed by atoms with E-state index in [1.54, 1.807) is 0 Å². The third-order valence-corrected chi connectivity index (χ3v) is 3.70. The molecule has 0 aliphatic rings. The number of aromatic nitrogens is 2. The summed E-state index contributed by atoms with van der Waals surface area (Å²) >= 11 is 0. The SMILES string of the molecule is O=C(O)CNc1nc(Nc2cccc(F)c2F)cc(-c2cccc(OC(F)(F)F)c2)n1. The minimum Gasteiger partial charge on any atom is -0.480 e. The molecule has 31 heavy (non-hydrogen) atoms. The molecule has 0 saturated carbocycles. The molecule has 1 aromatic heterocycles. The molecular weight excluding hydrogens is 427 g/mol. The zero-order valence-corrected chi connectivity index (χ0v) is 15.4. The lowest BCUT2D eigenvalue weighted by molar-refractivity contribution is -0.274. The van der Waals surface area contributed by atoms with Gasteiger partial charge >= 0.3 is 12.3 Å². The summed E-state index contributed by atoms with van der Waals surface area (Å²) in [6.45, 7) is -0.561.